The van der Waals surface area contributed by atoms with Gasteiger partial charge in [-0.1, -0.05) is 12.1 Å². The summed E-state index contributed by atoms with van der Waals surface area (Å²) in [5.74, 6) is -0.901. The highest BCUT2D eigenvalue weighted by Gasteiger charge is 2.24. The molecule has 3 aromatic rings. The number of nitrogens with zero attached hydrogens (tertiary/aromatic N) is 2. The number of rotatable bonds is 8. The van der Waals surface area contributed by atoms with Gasteiger partial charge in [0.15, 0.2) is 0 Å². The molecule has 0 aliphatic rings. The highest BCUT2D eigenvalue weighted by molar-refractivity contribution is 7.93. The molecule has 0 radical (unpaired) electrons. The zero-order valence-electron chi connectivity index (χ0n) is 16.0. The van der Waals surface area contributed by atoms with E-state index in [1.165, 1.54) is 36.6 Å². The van der Waals surface area contributed by atoms with E-state index in [2.05, 4.69) is 15.2 Å². The van der Waals surface area contributed by atoms with Crippen molar-refractivity contribution in [1.29, 1.82) is 0 Å². The molecule has 0 saturated heterocycles. The Morgan fingerprint density at radius 2 is 1.87 bits per heavy atom. The fraction of sp³-hybridized carbons (Fsp3) is 0.0526. The Morgan fingerprint density at radius 3 is 2.52 bits per heavy atom. The van der Waals surface area contributed by atoms with Gasteiger partial charge >= 0.3 is 5.97 Å². The topological polar surface area (TPSA) is 164 Å². The SMILES string of the molecule is CC(=NNc1ccc([N+](=O)[O-])cc1S(=O)(=O)Nc1ccccc1C(=O)O)c1ccco1. The molecule has 31 heavy (non-hydrogen) atoms. The number of carboxylic acids is 1. The normalized spacial score (nSPS) is 11.7. The first-order valence-corrected chi connectivity index (χ1v) is 10.1. The Labute approximate surface area is 176 Å². The second-order valence-electron chi connectivity index (χ2n) is 6.18. The molecule has 0 aliphatic carbocycles. The van der Waals surface area contributed by atoms with E-state index in [0.29, 0.717) is 11.5 Å². The van der Waals surface area contributed by atoms with E-state index in [9.17, 15) is 28.4 Å². The Hall–Kier alpha value is -4.19. The van der Waals surface area contributed by atoms with Crippen LogP contribution in [-0.4, -0.2) is 30.1 Å². The lowest BCUT2D eigenvalue weighted by Gasteiger charge is -2.13. The standard InChI is InChI=1S/C19H16N4O7S/c1-12(17-7-4-10-30-17)20-21-16-9-8-13(23(26)27)11-18(16)31(28,29)22-15-6-3-2-5-14(15)19(24)25/h2-11,21-22H,1H3,(H,24,25). The smallest absolute Gasteiger partial charge is 0.337 e. The number of hydrogen-bond donors (Lipinski definition) is 3. The van der Waals surface area contributed by atoms with Crippen LogP contribution in [0.5, 0.6) is 0 Å². The molecule has 3 N–H and O–H groups in total. The number of benzene rings is 2. The van der Waals surface area contributed by atoms with Crippen LogP contribution in [0.3, 0.4) is 0 Å². The van der Waals surface area contributed by atoms with Crippen LogP contribution in [0.15, 0.2) is 75.3 Å². The summed E-state index contributed by atoms with van der Waals surface area (Å²) in [7, 11) is -4.43. The Morgan fingerprint density at radius 1 is 1.13 bits per heavy atom. The van der Waals surface area contributed by atoms with Gasteiger partial charge in [0, 0.05) is 12.1 Å². The van der Waals surface area contributed by atoms with Crippen molar-refractivity contribution in [2.24, 2.45) is 5.10 Å². The van der Waals surface area contributed by atoms with E-state index in [0.717, 1.165) is 12.1 Å². The minimum Gasteiger partial charge on any atom is -0.478 e. The molecule has 160 valence electrons. The summed E-state index contributed by atoms with van der Waals surface area (Å²) in [4.78, 5) is 21.3. The zero-order chi connectivity index (χ0) is 22.6. The number of nitro benzene ring substituents is 1. The van der Waals surface area contributed by atoms with Crippen LogP contribution in [0.4, 0.5) is 17.1 Å². The average molecular weight is 444 g/mol. The molecule has 0 aliphatic heterocycles. The predicted molar refractivity (Wildman–Crippen MR) is 112 cm³/mol. The number of nitro groups is 1. The molecule has 0 amide bonds. The van der Waals surface area contributed by atoms with E-state index < -0.39 is 31.5 Å². The van der Waals surface area contributed by atoms with E-state index in [1.807, 2.05) is 0 Å². The first-order chi connectivity index (χ1) is 14.7. The van der Waals surface area contributed by atoms with Gasteiger partial charge in [0.2, 0.25) is 0 Å². The fourth-order valence-corrected chi connectivity index (χ4v) is 3.84. The number of aromatic carboxylic acids is 1. The van der Waals surface area contributed by atoms with Gasteiger partial charge in [-0.2, -0.15) is 5.10 Å². The van der Waals surface area contributed by atoms with E-state index in [-0.39, 0.29) is 16.9 Å². The number of furan rings is 1. The summed E-state index contributed by atoms with van der Waals surface area (Å²) in [6.45, 7) is 1.62. The Bertz CT molecular complexity index is 1270. The maximum atomic E-state index is 13.0. The third kappa shape index (κ3) is 4.87. The predicted octanol–water partition coefficient (Wildman–Crippen LogP) is 3.52. The monoisotopic (exact) mass is 444 g/mol. The third-order valence-corrected chi connectivity index (χ3v) is 5.49. The summed E-state index contributed by atoms with van der Waals surface area (Å²) in [5, 5.41) is 24.5. The molecule has 2 aromatic carbocycles. The highest BCUT2D eigenvalue weighted by Crippen LogP contribution is 2.29. The van der Waals surface area contributed by atoms with Crippen LogP contribution in [0.25, 0.3) is 0 Å². The molecule has 3 rings (SSSR count). The molecule has 0 saturated carbocycles. The molecule has 0 atom stereocenters. The number of hydrazone groups is 1. The Kier molecular flexibility index (Phi) is 6.02. The second-order valence-corrected chi connectivity index (χ2v) is 7.83. The minimum atomic E-state index is -4.43. The quantitative estimate of drug-likeness (QED) is 0.270. The first kappa shape index (κ1) is 21.5. The highest BCUT2D eigenvalue weighted by atomic mass is 32.2. The summed E-state index contributed by atoms with van der Waals surface area (Å²) < 4.78 is 33.4. The molecular weight excluding hydrogens is 428 g/mol. The van der Waals surface area contributed by atoms with Crippen molar-refractivity contribution >= 4 is 38.8 Å². The number of non-ortho nitro benzene ring substituents is 1. The van der Waals surface area contributed by atoms with Gasteiger partial charge in [-0.15, -0.1) is 0 Å². The summed E-state index contributed by atoms with van der Waals surface area (Å²) in [5.41, 5.74) is 1.97. The maximum Gasteiger partial charge on any atom is 0.337 e. The lowest BCUT2D eigenvalue weighted by molar-refractivity contribution is -0.385. The van der Waals surface area contributed by atoms with Gasteiger partial charge in [0.05, 0.1) is 28.1 Å². The van der Waals surface area contributed by atoms with Crippen LogP contribution in [-0.2, 0) is 10.0 Å². The largest absolute Gasteiger partial charge is 0.478 e. The number of para-hydroxylation sites is 1. The lowest BCUT2D eigenvalue weighted by Crippen LogP contribution is -2.17. The first-order valence-electron chi connectivity index (χ1n) is 8.67. The van der Waals surface area contributed by atoms with Gasteiger partial charge < -0.3 is 9.52 Å². The maximum absolute atomic E-state index is 13.0. The summed E-state index contributed by atoms with van der Waals surface area (Å²) in [6.07, 6.45) is 1.44. The molecule has 11 nitrogen and oxygen atoms in total. The average Bonchev–Trinajstić information content (AvgIpc) is 3.26. The van der Waals surface area contributed by atoms with E-state index >= 15 is 0 Å². The van der Waals surface area contributed by atoms with E-state index in [1.54, 1.807) is 19.1 Å². The number of nitrogens with one attached hydrogen (secondary N) is 2. The molecule has 0 spiro atoms. The second kappa shape index (κ2) is 8.67. The number of anilines is 2. The van der Waals surface area contributed by atoms with Crippen LogP contribution in [0.1, 0.15) is 23.0 Å². The number of carbonyl (C=O) groups is 1. The number of carboxylic acid groups (broad SMARTS) is 1. The van der Waals surface area contributed by atoms with Crippen molar-refractivity contribution in [3.63, 3.8) is 0 Å². The van der Waals surface area contributed by atoms with Crippen LogP contribution >= 0.6 is 0 Å². The molecular formula is C19H16N4O7S. The lowest BCUT2D eigenvalue weighted by atomic mass is 10.2. The molecule has 0 fully saturated rings. The number of hydrogen-bond acceptors (Lipinski definition) is 8. The molecule has 0 bridgehead atoms. The molecule has 0 unspecified atom stereocenters. The number of sulfonamides is 1. The van der Waals surface area contributed by atoms with Crippen molar-refractivity contribution in [1.82, 2.24) is 0 Å². The Balaban J connectivity index is 2.03. The van der Waals surface area contributed by atoms with Gasteiger partial charge in [0.25, 0.3) is 15.7 Å². The van der Waals surface area contributed by atoms with Crippen molar-refractivity contribution in [3.05, 3.63) is 82.3 Å². The zero-order valence-corrected chi connectivity index (χ0v) is 16.8. The van der Waals surface area contributed by atoms with Gasteiger partial charge in [-0.3, -0.25) is 20.3 Å². The minimum absolute atomic E-state index is 0.0585. The van der Waals surface area contributed by atoms with Crippen LogP contribution in [0.2, 0.25) is 0 Å². The molecule has 12 heteroatoms. The van der Waals surface area contributed by atoms with Gasteiger partial charge in [0.1, 0.15) is 16.4 Å². The summed E-state index contributed by atoms with van der Waals surface area (Å²) >= 11 is 0. The van der Waals surface area contributed by atoms with Crippen molar-refractivity contribution in [2.45, 2.75) is 11.8 Å². The van der Waals surface area contributed by atoms with Crippen LogP contribution < -0.4 is 10.1 Å². The summed E-state index contributed by atoms with van der Waals surface area (Å²) in [6, 6.07) is 11.8. The van der Waals surface area contributed by atoms with Crippen molar-refractivity contribution < 1.29 is 27.7 Å². The van der Waals surface area contributed by atoms with Crippen molar-refractivity contribution in [3.8, 4) is 0 Å². The van der Waals surface area contributed by atoms with Gasteiger partial charge in [-0.25, -0.2) is 13.2 Å². The third-order valence-electron chi connectivity index (χ3n) is 4.09. The molecule has 1 heterocycles. The van der Waals surface area contributed by atoms with Gasteiger partial charge in [-0.05, 0) is 37.3 Å². The van der Waals surface area contributed by atoms with Crippen molar-refractivity contribution in [2.75, 3.05) is 10.1 Å². The molecule has 1 aromatic heterocycles. The van der Waals surface area contributed by atoms with Crippen LogP contribution in [0, 0.1) is 10.1 Å². The van der Waals surface area contributed by atoms with E-state index in [4.69, 9.17) is 4.42 Å². The fourth-order valence-electron chi connectivity index (χ4n) is 2.58.